The van der Waals surface area contributed by atoms with E-state index in [0.717, 1.165) is 27.4 Å². The van der Waals surface area contributed by atoms with E-state index < -0.39 is 0 Å². The monoisotopic (exact) mass is 444 g/mol. The van der Waals surface area contributed by atoms with Gasteiger partial charge in [-0.3, -0.25) is 4.79 Å². The van der Waals surface area contributed by atoms with Gasteiger partial charge in [-0.2, -0.15) is 0 Å². The molecular formula is C26H24N2O3S. The number of Topliss-reactive ketones (excluding diaryl/α,β-unsaturated/α-hetero) is 1. The molecule has 1 heterocycles. The van der Waals surface area contributed by atoms with Crippen molar-refractivity contribution in [2.45, 2.75) is 13.3 Å². The van der Waals surface area contributed by atoms with Crippen LogP contribution < -0.4 is 9.47 Å². The van der Waals surface area contributed by atoms with E-state index in [9.17, 15) is 4.79 Å². The van der Waals surface area contributed by atoms with Gasteiger partial charge in [-0.05, 0) is 24.6 Å². The summed E-state index contributed by atoms with van der Waals surface area (Å²) >= 11 is 1.42. The second kappa shape index (κ2) is 9.83. The predicted octanol–water partition coefficient (Wildman–Crippen LogP) is 5.34. The molecule has 1 aliphatic heterocycles. The maximum Gasteiger partial charge on any atom is 0.173 e. The molecular weight excluding hydrogens is 420 g/mol. The topological polar surface area (TPSA) is 60.2 Å². The van der Waals surface area contributed by atoms with Crippen molar-refractivity contribution in [3.8, 4) is 11.5 Å². The van der Waals surface area contributed by atoms with E-state index >= 15 is 0 Å². The zero-order valence-electron chi connectivity index (χ0n) is 18.3. The first-order valence-electron chi connectivity index (χ1n) is 10.3. The van der Waals surface area contributed by atoms with Crippen LogP contribution in [-0.2, 0) is 6.42 Å². The van der Waals surface area contributed by atoms with Crippen molar-refractivity contribution in [3.05, 3.63) is 94.5 Å². The Morgan fingerprint density at radius 1 is 0.938 bits per heavy atom. The van der Waals surface area contributed by atoms with E-state index in [0.29, 0.717) is 29.2 Å². The summed E-state index contributed by atoms with van der Waals surface area (Å²) in [5.41, 5.74) is 5.59. The molecule has 0 bridgehead atoms. The van der Waals surface area contributed by atoms with Gasteiger partial charge in [-0.15, -0.1) is 22.0 Å². The number of ether oxygens (including phenoxy) is 2. The number of fused-ring (bicyclic) bond motifs is 1. The standard InChI is InChI=1S/C26H24N2O3S/c1-17-9-11-19(12-10-17)26-21-15-24(31-3)23(30-2)13-20(21)14-25(27-28-26)32-16-22(29)18-7-5-4-6-8-18/h4-13,15H,14,16H2,1-3H3. The molecule has 32 heavy (non-hydrogen) atoms. The van der Waals surface area contributed by atoms with Crippen LogP contribution in [0.15, 0.2) is 76.9 Å². The molecule has 3 aromatic rings. The number of aryl methyl sites for hydroxylation is 1. The molecule has 0 fully saturated rings. The summed E-state index contributed by atoms with van der Waals surface area (Å²) in [6, 6.07) is 21.4. The average Bonchev–Trinajstić information content (AvgIpc) is 3.01. The lowest BCUT2D eigenvalue weighted by atomic mass is 9.95. The molecule has 6 heteroatoms. The molecule has 0 atom stereocenters. The van der Waals surface area contributed by atoms with Gasteiger partial charge in [0.2, 0.25) is 0 Å². The Kier molecular flexibility index (Phi) is 6.71. The molecule has 0 aliphatic carbocycles. The highest BCUT2D eigenvalue weighted by molar-refractivity contribution is 8.14. The van der Waals surface area contributed by atoms with Gasteiger partial charge < -0.3 is 9.47 Å². The summed E-state index contributed by atoms with van der Waals surface area (Å²) in [7, 11) is 3.24. The molecule has 3 aromatic carbocycles. The Labute approximate surface area is 192 Å². The third-order valence-electron chi connectivity index (χ3n) is 5.26. The summed E-state index contributed by atoms with van der Waals surface area (Å²) in [5, 5.41) is 9.91. The van der Waals surface area contributed by atoms with Gasteiger partial charge in [0.1, 0.15) is 10.8 Å². The second-order valence-electron chi connectivity index (χ2n) is 7.43. The smallest absolute Gasteiger partial charge is 0.173 e. The number of thioether (sulfide) groups is 1. The highest BCUT2D eigenvalue weighted by Crippen LogP contribution is 2.34. The predicted molar refractivity (Wildman–Crippen MR) is 131 cm³/mol. The third kappa shape index (κ3) is 4.75. The van der Waals surface area contributed by atoms with Gasteiger partial charge in [0, 0.05) is 23.1 Å². The van der Waals surface area contributed by atoms with Gasteiger partial charge in [0.05, 0.1) is 20.0 Å². The van der Waals surface area contributed by atoms with Gasteiger partial charge in [0.15, 0.2) is 17.3 Å². The van der Waals surface area contributed by atoms with E-state index in [1.54, 1.807) is 14.2 Å². The van der Waals surface area contributed by atoms with Crippen molar-refractivity contribution in [2.75, 3.05) is 20.0 Å². The number of hydrogen-bond acceptors (Lipinski definition) is 6. The fourth-order valence-corrected chi connectivity index (χ4v) is 4.33. The Morgan fingerprint density at radius 2 is 1.62 bits per heavy atom. The van der Waals surface area contributed by atoms with E-state index in [2.05, 4.69) is 29.3 Å². The first-order valence-corrected chi connectivity index (χ1v) is 11.3. The van der Waals surface area contributed by atoms with Crippen LogP contribution >= 0.6 is 11.8 Å². The lowest BCUT2D eigenvalue weighted by molar-refractivity contribution is 0.102. The van der Waals surface area contributed by atoms with Crippen molar-refractivity contribution in [1.82, 2.24) is 0 Å². The molecule has 0 amide bonds. The lowest BCUT2D eigenvalue weighted by Gasteiger charge is -2.15. The van der Waals surface area contributed by atoms with Crippen LogP contribution in [0.5, 0.6) is 11.5 Å². The van der Waals surface area contributed by atoms with Gasteiger partial charge >= 0.3 is 0 Å². The molecule has 0 saturated heterocycles. The summed E-state index contributed by atoms with van der Waals surface area (Å²) < 4.78 is 11.1. The number of hydrogen-bond donors (Lipinski definition) is 0. The zero-order valence-corrected chi connectivity index (χ0v) is 19.1. The summed E-state index contributed by atoms with van der Waals surface area (Å²) in [6.45, 7) is 2.05. The van der Waals surface area contributed by atoms with E-state index in [1.165, 1.54) is 17.3 Å². The van der Waals surface area contributed by atoms with E-state index in [-0.39, 0.29) is 5.78 Å². The Bertz CT molecular complexity index is 1190. The van der Waals surface area contributed by atoms with Crippen molar-refractivity contribution >= 4 is 28.3 Å². The largest absolute Gasteiger partial charge is 0.493 e. The van der Waals surface area contributed by atoms with Crippen LogP contribution in [0.25, 0.3) is 0 Å². The van der Waals surface area contributed by atoms with Crippen LogP contribution in [0.2, 0.25) is 0 Å². The highest BCUT2D eigenvalue weighted by atomic mass is 32.2. The minimum atomic E-state index is 0.0674. The third-order valence-corrected chi connectivity index (χ3v) is 6.22. The summed E-state index contributed by atoms with van der Waals surface area (Å²) in [5.74, 6) is 1.67. The first-order chi connectivity index (χ1) is 15.6. The molecule has 0 aromatic heterocycles. The fraction of sp³-hybridized carbons (Fsp3) is 0.192. The van der Waals surface area contributed by atoms with Gasteiger partial charge in [-0.1, -0.05) is 60.2 Å². The fourth-order valence-electron chi connectivity index (χ4n) is 3.51. The quantitative estimate of drug-likeness (QED) is 0.482. The normalized spacial score (nSPS) is 12.8. The van der Waals surface area contributed by atoms with Crippen LogP contribution in [0.1, 0.15) is 32.6 Å². The number of benzene rings is 3. The molecule has 162 valence electrons. The Morgan fingerprint density at radius 3 is 2.31 bits per heavy atom. The lowest BCUT2D eigenvalue weighted by Crippen LogP contribution is -2.09. The number of carbonyl (C=O) groups excluding carboxylic acids is 1. The second-order valence-corrected chi connectivity index (χ2v) is 8.48. The molecule has 0 radical (unpaired) electrons. The number of ketones is 1. The maximum atomic E-state index is 12.6. The van der Waals surface area contributed by atoms with Crippen molar-refractivity contribution in [1.29, 1.82) is 0 Å². The van der Waals surface area contributed by atoms with Crippen LogP contribution in [0, 0.1) is 6.92 Å². The number of methoxy groups -OCH3 is 2. The number of carbonyl (C=O) groups is 1. The zero-order chi connectivity index (χ0) is 22.5. The Hall–Kier alpha value is -3.38. The molecule has 5 nitrogen and oxygen atoms in total. The minimum Gasteiger partial charge on any atom is -0.493 e. The highest BCUT2D eigenvalue weighted by Gasteiger charge is 2.21. The average molecular weight is 445 g/mol. The Balaban J connectivity index is 1.69. The molecule has 1 aliphatic rings. The molecule has 0 saturated carbocycles. The maximum absolute atomic E-state index is 12.6. The minimum absolute atomic E-state index is 0.0674. The molecule has 0 unspecified atom stereocenters. The van der Waals surface area contributed by atoms with Crippen molar-refractivity contribution in [2.24, 2.45) is 10.2 Å². The first kappa shape index (κ1) is 21.8. The van der Waals surface area contributed by atoms with Crippen molar-refractivity contribution < 1.29 is 14.3 Å². The van der Waals surface area contributed by atoms with Crippen LogP contribution in [-0.4, -0.2) is 36.5 Å². The summed E-state index contributed by atoms with van der Waals surface area (Å²) in [6.07, 6.45) is 0.557. The number of rotatable bonds is 6. The molecule has 0 N–H and O–H groups in total. The van der Waals surface area contributed by atoms with E-state index in [1.807, 2.05) is 54.6 Å². The van der Waals surface area contributed by atoms with Gasteiger partial charge in [-0.25, -0.2) is 0 Å². The molecule has 4 rings (SSSR count). The summed E-state index contributed by atoms with van der Waals surface area (Å²) in [4.78, 5) is 12.6. The SMILES string of the molecule is COc1cc2c(cc1OC)C(c1ccc(C)cc1)=NN=C(SCC(=O)c1ccccc1)C2. The van der Waals surface area contributed by atoms with Gasteiger partial charge in [0.25, 0.3) is 0 Å². The number of nitrogens with zero attached hydrogens (tertiary/aromatic N) is 2. The van der Waals surface area contributed by atoms with Crippen LogP contribution in [0.4, 0.5) is 0 Å². The molecule has 0 spiro atoms. The van der Waals surface area contributed by atoms with Crippen molar-refractivity contribution in [3.63, 3.8) is 0 Å². The van der Waals surface area contributed by atoms with E-state index in [4.69, 9.17) is 9.47 Å². The van der Waals surface area contributed by atoms with Crippen LogP contribution in [0.3, 0.4) is 0 Å².